The van der Waals surface area contributed by atoms with E-state index in [4.69, 9.17) is 10.5 Å². The zero-order valence-electron chi connectivity index (χ0n) is 22.3. The fourth-order valence-electron chi connectivity index (χ4n) is 3.86. The average Bonchev–Trinajstić information content (AvgIpc) is 2.76. The molecule has 2 rings (SSSR count). The van der Waals surface area contributed by atoms with Crippen molar-refractivity contribution in [1.82, 2.24) is 10.2 Å². The Balaban J connectivity index is 2.50. The minimum atomic E-state index is -1.40. The maximum Gasteiger partial charge on any atom is 0.408 e. The van der Waals surface area contributed by atoms with Gasteiger partial charge in [0.05, 0.1) is 6.42 Å². The molecule has 2 atom stereocenters. The first-order chi connectivity index (χ1) is 17.1. The minimum Gasteiger partial charge on any atom is -0.507 e. The number of aryl methyl sites for hydroxylation is 3. The van der Waals surface area contributed by atoms with E-state index in [0.717, 1.165) is 16.0 Å². The number of amides is 4. The number of benzene rings is 2. The number of carbonyl (C=O) groups excluding carboxylic acids is 4. The predicted molar refractivity (Wildman–Crippen MR) is 140 cm³/mol. The van der Waals surface area contributed by atoms with Crippen LogP contribution in [0.5, 0.6) is 5.75 Å². The van der Waals surface area contributed by atoms with E-state index in [1.807, 2.05) is 32.0 Å². The lowest BCUT2D eigenvalue weighted by molar-refractivity contribution is -0.140. The number of nitrogens with one attached hydrogen (secondary N) is 2. The van der Waals surface area contributed by atoms with E-state index >= 15 is 0 Å². The van der Waals surface area contributed by atoms with Crippen LogP contribution in [0.3, 0.4) is 0 Å². The summed E-state index contributed by atoms with van der Waals surface area (Å²) in [6.45, 7) is 10.3. The predicted octanol–water partition coefficient (Wildman–Crippen LogP) is 3.22. The van der Waals surface area contributed by atoms with E-state index in [-0.39, 0.29) is 11.3 Å². The number of alkyl carbamates (subject to hydrolysis) is 1. The number of primary amides is 1. The highest BCUT2D eigenvalue weighted by molar-refractivity contribution is 6.00. The number of para-hydroxylation sites is 2. The minimum absolute atomic E-state index is 0.157. The summed E-state index contributed by atoms with van der Waals surface area (Å²) in [5, 5.41) is 16.0. The summed E-state index contributed by atoms with van der Waals surface area (Å²) < 4.78 is 5.22. The molecule has 0 aliphatic heterocycles. The van der Waals surface area contributed by atoms with Crippen LogP contribution in [-0.4, -0.2) is 52.5 Å². The standard InChI is InChI=1S/C27H36N4O6/c1-15-10-8-11-16(2)21(15)30-24(34)22(18-13-9-12-17(3)23(18)33)31(7)25(35)19(14-20(28)32)29-26(36)37-27(4,5)6/h8-13,19,22,33H,14H2,1-7H3,(H2,28,32)(H,29,36)(H,30,34). The molecule has 2 aromatic rings. The number of carbonyl (C=O) groups is 4. The Kier molecular flexibility index (Phi) is 9.27. The Morgan fingerprint density at radius 1 is 1.00 bits per heavy atom. The van der Waals surface area contributed by atoms with E-state index in [9.17, 15) is 24.3 Å². The van der Waals surface area contributed by atoms with Gasteiger partial charge in [-0.25, -0.2) is 4.79 Å². The van der Waals surface area contributed by atoms with Crippen LogP contribution < -0.4 is 16.4 Å². The number of anilines is 1. The van der Waals surface area contributed by atoms with Crippen LogP contribution >= 0.6 is 0 Å². The molecule has 0 aromatic heterocycles. The van der Waals surface area contributed by atoms with E-state index in [1.54, 1.807) is 39.8 Å². The zero-order chi connectivity index (χ0) is 28.1. The van der Waals surface area contributed by atoms with E-state index in [1.165, 1.54) is 13.1 Å². The highest BCUT2D eigenvalue weighted by Gasteiger charge is 2.36. The second kappa shape index (κ2) is 11.8. The van der Waals surface area contributed by atoms with Gasteiger partial charge in [-0.1, -0.05) is 36.4 Å². The van der Waals surface area contributed by atoms with Gasteiger partial charge in [0.2, 0.25) is 11.8 Å². The summed E-state index contributed by atoms with van der Waals surface area (Å²) in [6.07, 6.45) is -1.44. The van der Waals surface area contributed by atoms with Crippen molar-refractivity contribution in [3.8, 4) is 5.75 Å². The number of nitrogens with zero attached hydrogens (tertiary/aromatic N) is 1. The molecule has 0 bridgehead atoms. The molecule has 5 N–H and O–H groups in total. The van der Waals surface area contributed by atoms with Gasteiger partial charge in [0.1, 0.15) is 23.4 Å². The van der Waals surface area contributed by atoms with Gasteiger partial charge in [-0.05, 0) is 58.2 Å². The van der Waals surface area contributed by atoms with Gasteiger partial charge in [-0.3, -0.25) is 14.4 Å². The van der Waals surface area contributed by atoms with E-state index in [0.29, 0.717) is 11.3 Å². The second-order valence-electron chi connectivity index (χ2n) is 9.99. The number of nitrogens with two attached hydrogens (primary N) is 1. The molecule has 0 fully saturated rings. The Morgan fingerprint density at radius 2 is 1.54 bits per heavy atom. The summed E-state index contributed by atoms with van der Waals surface area (Å²) in [4.78, 5) is 52.4. The molecule has 10 heteroatoms. The lowest BCUT2D eigenvalue weighted by Crippen LogP contribution is -2.52. The molecule has 2 aromatic carbocycles. The number of hydrogen-bond acceptors (Lipinski definition) is 6. The number of hydrogen-bond donors (Lipinski definition) is 4. The van der Waals surface area contributed by atoms with Crippen molar-refractivity contribution < 1.29 is 29.0 Å². The van der Waals surface area contributed by atoms with Crippen molar-refractivity contribution in [3.05, 3.63) is 58.7 Å². The highest BCUT2D eigenvalue weighted by Crippen LogP contribution is 2.33. The fraction of sp³-hybridized carbons (Fsp3) is 0.407. The maximum absolute atomic E-state index is 13.7. The zero-order valence-corrected chi connectivity index (χ0v) is 22.3. The third kappa shape index (κ3) is 7.70. The van der Waals surface area contributed by atoms with Crippen molar-refractivity contribution in [1.29, 1.82) is 0 Å². The number of rotatable bonds is 8. The van der Waals surface area contributed by atoms with E-state index < -0.39 is 47.9 Å². The molecule has 0 saturated heterocycles. The molecular formula is C27H36N4O6. The monoisotopic (exact) mass is 512 g/mol. The van der Waals surface area contributed by atoms with Crippen LogP contribution in [0.1, 0.15) is 55.5 Å². The Hall–Kier alpha value is -4.08. The molecule has 4 amide bonds. The smallest absolute Gasteiger partial charge is 0.408 e. The molecular weight excluding hydrogens is 476 g/mol. The first kappa shape index (κ1) is 29.2. The van der Waals surface area contributed by atoms with Crippen molar-refractivity contribution in [3.63, 3.8) is 0 Å². The molecule has 0 radical (unpaired) electrons. The summed E-state index contributed by atoms with van der Waals surface area (Å²) in [6, 6.07) is 7.68. The molecule has 0 saturated carbocycles. The van der Waals surface area contributed by atoms with Crippen LogP contribution in [-0.2, 0) is 19.1 Å². The molecule has 10 nitrogen and oxygen atoms in total. The molecule has 2 unspecified atom stereocenters. The molecule has 0 aliphatic rings. The molecule has 200 valence electrons. The Bertz CT molecular complexity index is 1170. The summed E-state index contributed by atoms with van der Waals surface area (Å²) in [5.74, 6) is -2.36. The first-order valence-corrected chi connectivity index (χ1v) is 11.8. The third-order valence-corrected chi connectivity index (χ3v) is 5.67. The summed E-state index contributed by atoms with van der Waals surface area (Å²) in [5.41, 5.74) is 7.37. The third-order valence-electron chi connectivity index (χ3n) is 5.67. The average molecular weight is 513 g/mol. The highest BCUT2D eigenvalue weighted by atomic mass is 16.6. The van der Waals surface area contributed by atoms with Gasteiger partial charge >= 0.3 is 6.09 Å². The Morgan fingerprint density at radius 3 is 2.08 bits per heavy atom. The maximum atomic E-state index is 13.7. The van der Waals surface area contributed by atoms with E-state index in [2.05, 4.69) is 10.6 Å². The van der Waals surface area contributed by atoms with Gasteiger partial charge in [0, 0.05) is 18.3 Å². The van der Waals surface area contributed by atoms with Crippen LogP contribution in [0.25, 0.3) is 0 Å². The van der Waals surface area contributed by atoms with Crippen molar-refractivity contribution >= 4 is 29.5 Å². The number of phenolic OH excluding ortho intramolecular Hbond substituents is 1. The number of phenols is 1. The normalized spacial score (nSPS) is 12.7. The van der Waals surface area contributed by atoms with Crippen LogP contribution in [0, 0.1) is 20.8 Å². The van der Waals surface area contributed by atoms with Gasteiger partial charge in [0.25, 0.3) is 5.91 Å². The van der Waals surface area contributed by atoms with Gasteiger partial charge in [-0.15, -0.1) is 0 Å². The fourth-order valence-corrected chi connectivity index (χ4v) is 3.86. The van der Waals surface area contributed by atoms with Crippen molar-refractivity contribution in [2.45, 2.75) is 65.6 Å². The molecule has 37 heavy (non-hydrogen) atoms. The largest absolute Gasteiger partial charge is 0.507 e. The lowest BCUT2D eigenvalue weighted by Gasteiger charge is -2.32. The summed E-state index contributed by atoms with van der Waals surface area (Å²) >= 11 is 0. The molecule has 0 spiro atoms. The lowest BCUT2D eigenvalue weighted by atomic mass is 9.99. The second-order valence-corrected chi connectivity index (χ2v) is 9.99. The quantitative estimate of drug-likeness (QED) is 0.426. The van der Waals surface area contributed by atoms with Gasteiger partial charge < -0.3 is 31.1 Å². The molecule has 0 heterocycles. The van der Waals surface area contributed by atoms with Gasteiger partial charge in [-0.2, -0.15) is 0 Å². The topological polar surface area (TPSA) is 151 Å². The van der Waals surface area contributed by atoms with Crippen LogP contribution in [0.4, 0.5) is 10.5 Å². The number of aromatic hydroxyl groups is 1. The number of ether oxygens (including phenoxy) is 1. The van der Waals surface area contributed by atoms with Crippen LogP contribution in [0.15, 0.2) is 36.4 Å². The van der Waals surface area contributed by atoms with Crippen LogP contribution in [0.2, 0.25) is 0 Å². The van der Waals surface area contributed by atoms with Gasteiger partial charge in [0.15, 0.2) is 0 Å². The Labute approximate surface area is 217 Å². The van der Waals surface area contributed by atoms with Crippen molar-refractivity contribution in [2.75, 3.05) is 12.4 Å². The number of likely N-dealkylation sites (N-methyl/N-ethyl adjacent to an activating group) is 1. The summed E-state index contributed by atoms with van der Waals surface area (Å²) in [7, 11) is 1.35. The van der Waals surface area contributed by atoms with Crippen molar-refractivity contribution in [2.24, 2.45) is 5.73 Å². The SMILES string of the molecule is Cc1cccc(C(C(=O)Nc2c(C)cccc2C)N(C)C(=O)C(CC(N)=O)NC(=O)OC(C)(C)C)c1O. The first-order valence-electron chi connectivity index (χ1n) is 11.8. The molecule has 0 aliphatic carbocycles.